The van der Waals surface area contributed by atoms with Gasteiger partial charge in [0.25, 0.3) is 0 Å². The minimum absolute atomic E-state index is 0.713. The van der Waals surface area contributed by atoms with Crippen LogP contribution in [0.2, 0.25) is 5.02 Å². The monoisotopic (exact) mass is 269 g/mol. The van der Waals surface area contributed by atoms with E-state index in [1.165, 1.54) is 0 Å². The molecule has 0 saturated heterocycles. The average molecular weight is 270 g/mol. The molecule has 1 aromatic rings. The number of rotatable bonds is 7. The Morgan fingerprint density at radius 1 is 1.39 bits per heavy atom. The van der Waals surface area contributed by atoms with E-state index in [-0.39, 0.29) is 0 Å². The first-order valence-electron chi connectivity index (χ1n) is 6.56. The smallest absolute Gasteiger partial charge is 0.0850 e. The van der Waals surface area contributed by atoms with E-state index in [9.17, 15) is 0 Å². The molecule has 1 heterocycles. The molecule has 18 heavy (non-hydrogen) atoms. The summed E-state index contributed by atoms with van der Waals surface area (Å²) >= 11 is 6.18. The van der Waals surface area contributed by atoms with Crippen LogP contribution in [0.1, 0.15) is 31.7 Å². The molecule has 0 aliphatic rings. The Morgan fingerprint density at radius 3 is 2.67 bits per heavy atom. The third kappa shape index (κ3) is 4.83. The molecule has 0 amide bonds. The molecule has 0 aromatic carbocycles. The zero-order valence-corrected chi connectivity index (χ0v) is 12.6. The zero-order valence-electron chi connectivity index (χ0n) is 11.8. The lowest BCUT2D eigenvalue weighted by Gasteiger charge is -2.04. The van der Waals surface area contributed by atoms with E-state index in [4.69, 9.17) is 11.6 Å². The maximum Gasteiger partial charge on any atom is 0.0850 e. The Balaban J connectivity index is 2.28. The minimum atomic E-state index is 0.713. The standard InChI is InChI=1S/C14H24ClN3/c1-11(2)10-16-9-7-5-6-8-13-14(15)12(3)17-18(13)4/h5-6,11,16H,7-10H2,1-4H3. The highest BCUT2D eigenvalue weighted by Crippen LogP contribution is 2.19. The number of hydrogen-bond acceptors (Lipinski definition) is 2. The second kappa shape index (κ2) is 7.59. The number of aryl methyl sites for hydroxylation is 2. The quantitative estimate of drug-likeness (QED) is 0.609. The van der Waals surface area contributed by atoms with Gasteiger partial charge in [-0.3, -0.25) is 4.68 Å². The molecule has 0 atom stereocenters. The van der Waals surface area contributed by atoms with Crippen molar-refractivity contribution in [2.45, 2.75) is 33.6 Å². The van der Waals surface area contributed by atoms with E-state index in [1.807, 2.05) is 18.7 Å². The average Bonchev–Trinajstić information content (AvgIpc) is 2.53. The Labute approximate surface area is 115 Å². The van der Waals surface area contributed by atoms with Gasteiger partial charge in [0.2, 0.25) is 0 Å². The summed E-state index contributed by atoms with van der Waals surface area (Å²) in [5, 5.41) is 8.50. The summed E-state index contributed by atoms with van der Waals surface area (Å²) < 4.78 is 1.86. The van der Waals surface area contributed by atoms with E-state index < -0.39 is 0 Å². The highest BCUT2D eigenvalue weighted by atomic mass is 35.5. The highest BCUT2D eigenvalue weighted by molar-refractivity contribution is 6.31. The summed E-state index contributed by atoms with van der Waals surface area (Å²) in [4.78, 5) is 0. The topological polar surface area (TPSA) is 29.9 Å². The molecule has 102 valence electrons. The Kier molecular flexibility index (Phi) is 6.44. The lowest BCUT2D eigenvalue weighted by molar-refractivity contribution is 0.556. The van der Waals surface area contributed by atoms with Gasteiger partial charge in [0.1, 0.15) is 0 Å². The van der Waals surface area contributed by atoms with Crippen molar-refractivity contribution in [2.75, 3.05) is 13.1 Å². The minimum Gasteiger partial charge on any atom is -0.316 e. The summed E-state index contributed by atoms with van der Waals surface area (Å²) in [6.45, 7) is 8.49. The molecule has 1 rings (SSSR count). The highest BCUT2D eigenvalue weighted by Gasteiger charge is 2.08. The van der Waals surface area contributed by atoms with Crippen LogP contribution in [0, 0.1) is 12.8 Å². The summed E-state index contributed by atoms with van der Waals surface area (Å²) in [7, 11) is 1.94. The van der Waals surface area contributed by atoms with Crippen molar-refractivity contribution >= 4 is 11.6 Å². The predicted molar refractivity (Wildman–Crippen MR) is 78.1 cm³/mol. The van der Waals surface area contributed by atoms with Crippen LogP contribution in [0.15, 0.2) is 12.2 Å². The largest absolute Gasteiger partial charge is 0.316 e. The Bertz CT molecular complexity index is 394. The number of aromatic nitrogens is 2. The van der Waals surface area contributed by atoms with Crippen LogP contribution in [0.3, 0.4) is 0 Å². The molecule has 0 saturated carbocycles. The first kappa shape index (κ1) is 15.3. The van der Waals surface area contributed by atoms with Gasteiger partial charge >= 0.3 is 0 Å². The van der Waals surface area contributed by atoms with Crippen molar-refractivity contribution in [3.8, 4) is 0 Å². The molecule has 1 aromatic heterocycles. The molecule has 4 heteroatoms. The van der Waals surface area contributed by atoms with E-state index in [1.54, 1.807) is 0 Å². The summed E-state index contributed by atoms with van der Waals surface area (Å²) in [6, 6.07) is 0. The van der Waals surface area contributed by atoms with Crippen LogP contribution in [0.5, 0.6) is 0 Å². The maximum atomic E-state index is 6.18. The van der Waals surface area contributed by atoms with Crippen LogP contribution in [-0.4, -0.2) is 22.9 Å². The fourth-order valence-corrected chi connectivity index (χ4v) is 2.03. The lowest BCUT2D eigenvalue weighted by atomic mass is 10.2. The van der Waals surface area contributed by atoms with E-state index in [2.05, 4.69) is 36.4 Å². The van der Waals surface area contributed by atoms with E-state index >= 15 is 0 Å². The fraction of sp³-hybridized carbons (Fsp3) is 0.643. The van der Waals surface area contributed by atoms with Gasteiger partial charge < -0.3 is 5.32 Å². The van der Waals surface area contributed by atoms with Gasteiger partial charge in [0, 0.05) is 13.5 Å². The maximum absolute atomic E-state index is 6.18. The number of allylic oxidation sites excluding steroid dienone is 1. The number of hydrogen-bond donors (Lipinski definition) is 1. The summed E-state index contributed by atoms with van der Waals surface area (Å²) in [5.74, 6) is 0.713. The normalized spacial score (nSPS) is 11.9. The van der Waals surface area contributed by atoms with Crippen LogP contribution >= 0.6 is 11.6 Å². The second-order valence-corrected chi connectivity index (χ2v) is 5.41. The van der Waals surface area contributed by atoms with Crippen LogP contribution in [-0.2, 0) is 13.5 Å². The molecule has 0 spiro atoms. The lowest BCUT2D eigenvalue weighted by Crippen LogP contribution is -2.20. The molecule has 0 radical (unpaired) electrons. The fourth-order valence-electron chi connectivity index (χ4n) is 1.79. The number of nitrogens with zero attached hydrogens (tertiary/aromatic N) is 2. The summed E-state index contributed by atoms with van der Waals surface area (Å²) in [5.41, 5.74) is 1.99. The molecule has 0 bridgehead atoms. The van der Waals surface area contributed by atoms with Crippen molar-refractivity contribution in [3.05, 3.63) is 28.6 Å². The van der Waals surface area contributed by atoms with Gasteiger partial charge in [-0.2, -0.15) is 5.10 Å². The van der Waals surface area contributed by atoms with E-state index in [0.717, 1.165) is 42.3 Å². The van der Waals surface area contributed by atoms with E-state index in [0.29, 0.717) is 5.92 Å². The van der Waals surface area contributed by atoms with Crippen LogP contribution < -0.4 is 5.32 Å². The first-order valence-corrected chi connectivity index (χ1v) is 6.93. The molecular formula is C14H24ClN3. The molecule has 0 fully saturated rings. The second-order valence-electron chi connectivity index (χ2n) is 5.03. The summed E-state index contributed by atoms with van der Waals surface area (Å²) in [6.07, 6.45) is 6.27. The van der Waals surface area contributed by atoms with Crippen molar-refractivity contribution in [3.63, 3.8) is 0 Å². The third-order valence-corrected chi connectivity index (χ3v) is 3.27. The number of nitrogens with one attached hydrogen (secondary N) is 1. The van der Waals surface area contributed by atoms with Crippen LogP contribution in [0.4, 0.5) is 0 Å². The zero-order chi connectivity index (χ0) is 13.5. The predicted octanol–water partition coefficient (Wildman–Crippen LogP) is 3.12. The van der Waals surface area contributed by atoms with Crippen LogP contribution in [0.25, 0.3) is 0 Å². The molecule has 3 nitrogen and oxygen atoms in total. The molecule has 0 aliphatic heterocycles. The van der Waals surface area contributed by atoms with Gasteiger partial charge in [-0.1, -0.05) is 37.6 Å². The van der Waals surface area contributed by atoms with Gasteiger partial charge in [-0.15, -0.1) is 0 Å². The number of halogens is 1. The van der Waals surface area contributed by atoms with Gasteiger partial charge in [0.15, 0.2) is 0 Å². The van der Waals surface area contributed by atoms with Crippen molar-refractivity contribution < 1.29 is 0 Å². The Morgan fingerprint density at radius 2 is 2.11 bits per heavy atom. The molecule has 0 aliphatic carbocycles. The van der Waals surface area contributed by atoms with Crippen molar-refractivity contribution in [1.29, 1.82) is 0 Å². The third-order valence-electron chi connectivity index (χ3n) is 2.78. The molecule has 0 unspecified atom stereocenters. The van der Waals surface area contributed by atoms with Gasteiger partial charge in [0.05, 0.1) is 16.4 Å². The Hall–Kier alpha value is -0.800. The van der Waals surface area contributed by atoms with Crippen molar-refractivity contribution in [1.82, 2.24) is 15.1 Å². The van der Waals surface area contributed by atoms with Crippen molar-refractivity contribution in [2.24, 2.45) is 13.0 Å². The van der Waals surface area contributed by atoms with Gasteiger partial charge in [-0.05, 0) is 32.4 Å². The molecule has 1 N–H and O–H groups in total. The van der Waals surface area contributed by atoms with Gasteiger partial charge in [-0.25, -0.2) is 0 Å². The first-order chi connectivity index (χ1) is 8.52. The SMILES string of the molecule is Cc1nn(C)c(CC=CCCNCC(C)C)c1Cl. The molecular weight excluding hydrogens is 246 g/mol.